The predicted molar refractivity (Wildman–Crippen MR) is 72.1 cm³/mol. The van der Waals surface area contributed by atoms with Gasteiger partial charge in [-0.25, -0.2) is 0 Å². The minimum atomic E-state index is -0.0416. The van der Waals surface area contributed by atoms with Crippen molar-refractivity contribution in [3.05, 3.63) is 36.4 Å². The van der Waals surface area contributed by atoms with Gasteiger partial charge >= 0.3 is 0 Å². The molecule has 1 heterocycles. The normalized spacial score (nSPS) is 10.7. The van der Waals surface area contributed by atoms with Crippen molar-refractivity contribution < 1.29 is 4.79 Å². The maximum atomic E-state index is 11.7. The van der Waals surface area contributed by atoms with E-state index in [4.69, 9.17) is 0 Å². The summed E-state index contributed by atoms with van der Waals surface area (Å²) in [5, 5.41) is 7.26. The molecule has 4 nitrogen and oxygen atoms in total. The Balaban J connectivity index is 2.25. The number of benzene rings is 1. The number of nitrogens with zero attached hydrogens (tertiary/aromatic N) is 2. The van der Waals surface area contributed by atoms with Crippen LogP contribution in [0.2, 0.25) is 0 Å². The lowest BCUT2D eigenvalue weighted by Gasteiger charge is -2.06. The average molecular weight is 243 g/mol. The fraction of sp³-hybridized carbons (Fsp3) is 0.286. The zero-order valence-corrected chi connectivity index (χ0v) is 10.8. The third-order valence-corrected chi connectivity index (χ3v) is 2.73. The van der Waals surface area contributed by atoms with E-state index < -0.39 is 0 Å². The van der Waals surface area contributed by atoms with Crippen LogP contribution >= 0.6 is 0 Å². The Morgan fingerprint density at radius 2 is 1.94 bits per heavy atom. The van der Waals surface area contributed by atoms with E-state index in [1.54, 1.807) is 4.68 Å². The highest BCUT2D eigenvalue weighted by molar-refractivity contribution is 5.91. The Morgan fingerprint density at radius 3 is 2.56 bits per heavy atom. The van der Waals surface area contributed by atoms with Crippen LogP contribution in [0, 0.1) is 5.92 Å². The first-order valence-electron chi connectivity index (χ1n) is 5.98. The fourth-order valence-electron chi connectivity index (χ4n) is 1.60. The Kier molecular flexibility index (Phi) is 3.46. The Hall–Kier alpha value is -2.10. The van der Waals surface area contributed by atoms with Gasteiger partial charge in [-0.05, 0) is 0 Å². The van der Waals surface area contributed by atoms with Crippen LogP contribution in [0.4, 0.5) is 5.82 Å². The highest BCUT2D eigenvalue weighted by atomic mass is 16.1. The van der Waals surface area contributed by atoms with Gasteiger partial charge in [0.1, 0.15) is 5.82 Å². The van der Waals surface area contributed by atoms with Gasteiger partial charge in [0.15, 0.2) is 0 Å². The largest absolute Gasteiger partial charge is 0.311 e. The number of carbonyl (C=O) groups is 1. The molecule has 0 aliphatic rings. The van der Waals surface area contributed by atoms with Crippen LogP contribution in [-0.4, -0.2) is 15.7 Å². The smallest absolute Gasteiger partial charge is 0.228 e. The van der Waals surface area contributed by atoms with Crippen molar-refractivity contribution in [2.24, 2.45) is 13.0 Å². The topological polar surface area (TPSA) is 46.9 Å². The summed E-state index contributed by atoms with van der Waals surface area (Å²) in [6.07, 6.45) is 0. The van der Waals surface area contributed by atoms with E-state index >= 15 is 0 Å². The molecular formula is C14H17N3O. The van der Waals surface area contributed by atoms with Crippen molar-refractivity contribution >= 4 is 11.7 Å². The number of anilines is 1. The van der Waals surface area contributed by atoms with E-state index in [0.717, 1.165) is 11.3 Å². The highest BCUT2D eigenvalue weighted by Gasteiger charge is 2.12. The predicted octanol–water partition coefficient (Wildman–Crippen LogP) is 2.68. The van der Waals surface area contributed by atoms with Gasteiger partial charge in [0.25, 0.3) is 0 Å². The standard InChI is InChI=1S/C14H17N3O/c1-10(2)14(18)15-13-9-12(16-17(13)3)11-7-5-4-6-8-11/h4-10H,1-3H3,(H,15,18). The molecule has 0 bridgehead atoms. The number of aromatic nitrogens is 2. The summed E-state index contributed by atoms with van der Waals surface area (Å²) < 4.78 is 1.68. The van der Waals surface area contributed by atoms with Crippen molar-refractivity contribution in [1.29, 1.82) is 0 Å². The number of aryl methyl sites for hydroxylation is 1. The molecule has 0 unspecified atom stereocenters. The third-order valence-electron chi connectivity index (χ3n) is 2.73. The van der Waals surface area contributed by atoms with Crippen LogP contribution in [0.15, 0.2) is 36.4 Å². The van der Waals surface area contributed by atoms with E-state index in [1.165, 1.54) is 0 Å². The van der Waals surface area contributed by atoms with Crippen LogP contribution in [0.5, 0.6) is 0 Å². The molecule has 1 amide bonds. The van der Waals surface area contributed by atoms with Crippen LogP contribution < -0.4 is 5.32 Å². The van der Waals surface area contributed by atoms with Crippen molar-refractivity contribution in [1.82, 2.24) is 9.78 Å². The molecule has 2 aromatic rings. The Labute approximate surface area is 107 Å². The number of carbonyl (C=O) groups excluding carboxylic acids is 1. The summed E-state index contributed by atoms with van der Waals surface area (Å²) in [6.45, 7) is 3.73. The summed E-state index contributed by atoms with van der Waals surface area (Å²) in [5.41, 5.74) is 1.90. The molecule has 18 heavy (non-hydrogen) atoms. The van der Waals surface area contributed by atoms with E-state index in [1.807, 2.05) is 57.3 Å². The number of hydrogen-bond acceptors (Lipinski definition) is 2. The molecule has 2 rings (SSSR count). The van der Waals surface area contributed by atoms with Crippen LogP contribution in [0.25, 0.3) is 11.3 Å². The van der Waals surface area contributed by atoms with Gasteiger partial charge in [-0.2, -0.15) is 5.10 Å². The fourth-order valence-corrected chi connectivity index (χ4v) is 1.60. The van der Waals surface area contributed by atoms with Crippen LogP contribution in [0.3, 0.4) is 0 Å². The molecule has 0 atom stereocenters. The first-order valence-corrected chi connectivity index (χ1v) is 5.98. The van der Waals surface area contributed by atoms with Crippen molar-refractivity contribution in [3.8, 4) is 11.3 Å². The molecule has 1 aromatic carbocycles. The van der Waals surface area contributed by atoms with Gasteiger partial charge in [0.05, 0.1) is 5.69 Å². The van der Waals surface area contributed by atoms with E-state index in [9.17, 15) is 4.79 Å². The second-order valence-electron chi connectivity index (χ2n) is 4.55. The first kappa shape index (κ1) is 12.4. The molecule has 0 saturated carbocycles. The van der Waals surface area contributed by atoms with Gasteiger partial charge in [0.2, 0.25) is 5.91 Å². The van der Waals surface area contributed by atoms with Gasteiger partial charge in [-0.1, -0.05) is 44.2 Å². The van der Waals surface area contributed by atoms with Gasteiger partial charge < -0.3 is 5.32 Å². The zero-order chi connectivity index (χ0) is 13.1. The molecule has 0 radical (unpaired) electrons. The molecule has 0 saturated heterocycles. The van der Waals surface area contributed by atoms with Gasteiger partial charge in [-0.3, -0.25) is 9.48 Å². The summed E-state index contributed by atoms with van der Waals surface area (Å²) in [7, 11) is 1.82. The summed E-state index contributed by atoms with van der Waals surface area (Å²) in [5.74, 6) is 0.672. The summed E-state index contributed by atoms with van der Waals surface area (Å²) in [6, 6.07) is 11.8. The molecule has 1 aromatic heterocycles. The SMILES string of the molecule is CC(C)C(=O)Nc1cc(-c2ccccc2)nn1C. The minimum Gasteiger partial charge on any atom is -0.311 e. The first-order chi connectivity index (χ1) is 8.58. The van der Waals surface area contributed by atoms with E-state index in [2.05, 4.69) is 10.4 Å². The zero-order valence-electron chi connectivity index (χ0n) is 10.8. The molecule has 0 fully saturated rings. The van der Waals surface area contributed by atoms with Gasteiger partial charge in [0, 0.05) is 24.6 Å². The van der Waals surface area contributed by atoms with Gasteiger partial charge in [-0.15, -0.1) is 0 Å². The minimum absolute atomic E-state index is 0.00221. The monoisotopic (exact) mass is 243 g/mol. The summed E-state index contributed by atoms with van der Waals surface area (Å²) >= 11 is 0. The molecule has 94 valence electrons. The van der Waals surface area contributed by atoms with E-state index in [-0.39, 0.29) is 11.8 Å². The average Bonchev–Trinajstić information content (AvgIpc) is 2.72. The molecule has 0 aliphatic heterocycles. The quantitative estimate of drug-likeness (QED) is 0.901. The van der Waals surface area contributed by atoms with Crippen LogP contribution in [0.1, 0.15) is 13.8 Å². The van der Waals surface area contributed by atoms with Crippen molar-refractivity contribution in [3.63, 3.8) is 0 Å². The molecule has 0 spiro atoms. The Morgan fingerprint density at radius 1 is 1.28 bits per heavy atom. The highest BCUT2D eigenvalue weighted by Crippen LogP contribution is 2.21. The lowest BCUT2D eigenvalue weighted by Crippen LogP contribution is -2.19. The number of rotatable bonds is 3. The molecule has 4 heteroatoms. The lowest BCUT2D eigenvalue weighted by atomic mass is 10.1. The number of hydrogen-bond donors (Lipinski definition) is 1. The molecular weight excluding hydrogens is 226 g/mol. The number of nitrogens with one attached hydrogen (secondary N) is 1. The second-order valence-corrected chi connectivity index (χ2v) is 4.55. The van der Waals surface area contributed by atoms with E-state index in [0.29, 0.717) is 5.82 Å². The summed E-state index contributed by atoms with van der Waals surface area (Å²) in [4.78, 5) is 11.7. The van der Waals surface area contributed by atoms with Crippen molar-refractivity contribution in [2.45, 2.75) is 13.8 Å². The number of amides is 1. The Bertz CT molecular complexity index is 543. The maximum absolute atomic E-state index is 11.7. The lowest BCUT2D eigenvalue weighted by molar-refractivity contribution is -0.118. The van der Waals surface area contributed by atoms with Crippen LogP contribution in [-0.2, 0) is 11.8 Å². The maximum Gasteiger partial charge on any atom is 0.228 e. The third kappa shape index (κ3) is 2.59. The second kappa shape index (κ2) is 5.04. The molecule has 0 aliphatic carbocycles. The van der Waals surface area contributed by atoms with Crippen molar-refractivity contribution in [2.75, 3.05) is 5.32 Å². The molecule has 1 N–H and O–H groups in total.